The van der Waals surface area contributed by atoms with Gasteiger partial charge in [-0.05, 0) is 42.9 Å². The number of fused-ring (bicyclic) bond motifs is 1. The van der Waals surface area contributed by atoms with Crippen LogP contribution in [0, 0.1) is 23.2 Å². The standard InChI is InChI=1S/C31H32N6O3/c1-18-25(26(38)27(39)31(18,2)30(40)32-3)37-17-33-24-28(34-22-16-21(22)20-12-8-5-9-13-20)35-23(36-29(24)37)15-14-19-10-6-4-7-11-19/h4-13,17-18,21-22,25-27,38-39H,16H2,1-3H3,(H,32,40)(H,34,35,36). The molecule has 2 fully saturated rings. The molecule has 4 aromatic rings. The highest BCUT2D eigenvalue weighted by atomic mass is 16.3. The van der Waals surface area contributed by atoms with Gasteiger partial charge in [0, 0.05) is 24.6 Å². The van der Waals surface area contributed by atoms with Crippen LogP contribution in [-0.4, -0.2) is 60.9 Å². The van der Waals surface area contributed by atoms with Gasteiger partial charge in [0.1, 0.15) is 6.10 Å². The molecule has 2 aliphatic carbocycles. The molecule has 2 aliphatic rings. The van der Waals surface area contributed by atoms with E-state index in [2.05, 4.69) is 39.6 Å². The topological polar surface area (TPSA) is 125 Å². The maximum Gasteiger partial charge on any atom is 0.228 e. The molecule has 7 atom stereocenters. The summed E-state index contributed by atoms with van der Waals surface area (Å²) in [6.07, 6.45) is 0.106. The van der Waals surface area contributed by atoms with Crippen LogP contribution < -0.4 is 10.6 Å². The van der Waals surface area contributed by atoms with Gasteiger partial charge in [0.2, 0.25) is 11.7 Å². The van der Waals surface area contributed by atoms with Gasteiger partial charge in [-0.3, -0.25) is 4.79 Å². The lowest BCUT2D eigenvalue weighted by Crippen LogP contribution is -2.47. The van der Waals surface area contributed by atoms with E-state index in [1.165, 1.54) is 12.6 Å². The Balaban J connectivity index is 1.41. The molecule has 2 aromatic carbocycles. The molecule has 2 heterocycles. The van der Waals surface area contributed by atoms with Crippen LogP contribution in [0.2, 0.25) is 0 Å². The van der Waals surface area contributed by atoms with E-state index >= 15 is 0 Å². The van der Waals surface area contributed by atoms with Crippen molar-refractivity contribution in [3.05, 3.63) is 83.9 Å². The first-order valence-electron chi connectivity index (χ1n) is 13.5. The summed E-state index contributed by atoms with van der Waals surface area (Å²) in [7, 11) is 1.53. The number of amides is 1. The third kappa shape index (κ3) is 4.30. The van der Waals surface area contributed by atoms with Crippen molar-refractivity contribution in [3.63, 3.8) is 0 Å². The number of rotatable bonds is 5. The Kier molecular flexibility index (Phi) is 6.53. The lowest BCUT2D eigenvalue weighted by Gasteiger charge is -2.31. The number of aromatic nitrogens is 4. The van der Waals surface area contributed by atoms with Gasteiger partial charge in [-0.2, -0.15) is 0 Å². The number of carbonyl (C=O) groups excluding carboxylic acids is 1. The van der Waals surface area contributed by atoms with E-state index in [1.807, 2.05) is 55.5 Å². The van der Waals surface area contributed by atoms with Crippen LogP contribution in [0.4, 0.5) is 5.82 Å². The lowest BCUT2D eigenvalue weighted by atomic mass is 9.77. The van der Waals surface area contributed by atoms with Crippen molar-refractivity contribution in [1.82, 2.24) is 24.8 Å². The number of nitrogens with zero attached hydrogens (tertiary/aromatic N) is 4. The van der Waals surface area contributed by atoms with Gasteiger partial charge >= 0.3 is 0 Å². The van der Waals surface area contributed by atoms with Gasteiger partial charge in [0.15, 0.2) is 17.0 Å². The number of hydrogen-bond donors (Lipinski definition) is 4. The first-order valence-corrected chi connectivity index (χ1v) is 13.5. The fourth-order valence-corrected chi connectivity index (χ4v) is 6.02. The number of aliphatic hydroxyl groups is 2. The van der Waals surface area contributed by atoms with Crippen LogP contribution in [0.3, 0.4) is 0 Å². The number of carbonyl (C=O) groups is 1. The molecule has 40 heavy (non-hydrogen) atoms. The van der Waals surface area contributed by atoms with Crippen LogP contribution in [0.5, 0.6) is 0 Å². The van der Waals surface area contributed by atoms with Crippen molar-refractivity contribution >= 4 is 22.9 Å². The van der Waals surface area contributed by atoms with Gasteiger partial charge in [-0.25, -0.2) is 15.0 Å². The zero-order chi connectivity index (χ0) is 28.0. The number of anilines is 1. The maximum absolute atomic E-state index is 12.8. The van der Waals surface area contributed by atoms with Crippen LogP contribution in [0.25, 0.3) is 11.2 Å². The summed E-state index contributed by atoms with van der Waals surface area (Å²) < 4.78 is 1.75. The molecule has 0 bridgehead atoms. The second-order valence-electron chi connectivity index (χ2n) is 10.9. The quantitative estimate of drug-likeness (QED) is 0.289. The fourth-order valence-electron chi connectivity index (χ4n) is 6.02. The van der Waals surface area contributed by atoms with Gasteiger partial charge < -0.3 is 25.4 Å². The van der Waals surface area contributed by atoms with E-state index in [1.54, 1.807) is 17.8 Å². The molecule has 4 N–H and O–H groups in total. The molecule has 0 spiro atoms. The summed E-state index contributed by atoms with van der Waals surface area (Å²) in [5, 5.41) is 28.4. The first-order chi connectivity index (χ1) is 19.3. The third-order valence-electron chi connectivity index (χ3n) is 8.64. The molecule has 6 rings (SSSR count). The summed E-state index contributed by atoms with van der Waals surface area (Å²) in [6, 6.07) is 19.5. The number of benzene rings is 2. The molecule has 2 saturated carbocycles. The number of hydrogen-bond acceptors (Lipinski definition) is 7. The molecule has 0 aliphatic heterocycles. The second-order valence-corrected chi connectivity index (χ2v) is 10.9. The van der Waals surface area contributed by atoms with Crippen molar-refractivity contribution in [3.8, 4) is 11.8 Å². The third-order valence-corrected chi connectivity index (χ3v) is 8.64. The Labute approximate surface area is 232 Å². The molecule has 1 amide bonds. The fraction of sp³-hybridized carbons (Fsp3) is 0.355. The van der Waals surface area contributed by atoms with E-state index < -0.39 is 29.6 Å². The molecular weight excluding hydrogens is 504 g/mol. The Bertz CT molecular complexity index is 1610. The normalized spacial score (nSPS) is 29.0. The Hall–Kier alpha value is -4.26. The number of imidazole rings is 1. The predicted molar refractivity (Wildman–Crippen MR) is 151 cm³/mol. The molecule has 204 valence electrons. The van der Waals surface area contributed by atoms with Gasteiger partial charge in [0.25, 0.3) is 0 Å². The highest BCUT2D eigenvalue weighted by molar-refractivity contribution is 5.85. The Morgan fingerprint density at radius 3 is 2.45 bits per heavy atom. The van der Waals surface area contributed by atoms with E-state index in [4.69, 9.17) is 9.97 Å². The minimum absolute atomic E-state index is 0.190. The summed E-state index contributed by atoms with van der Waals surface area (Å²) in [5.41, 5.74) is 1.94. The van der Waals surface area contributed by atoms with Crippen molar-refractivity contribution in [2.24, 2.45) is 11.3 Å². The van der Waals surface area contributed by atoms with Crippen LogP contribution >= 0.6 is 0 Å². The zero-order valence-corrected chi connectivity index (χ0v) is 22.6. The molecule has 2 aromatic heterocycles. The summed E-state index contributed by atoms with van der Waals surface area (Å²) in [4.78, 5) is 27.0. The van der Waals surface area contributed by atoms with Gasteiger partial charge in [-0.15, -0.1) is 0 Å². The lowest BCUT2D eigenvalue weighted by molar-refractivity contribution is -0.139. The SMILES string of the molecule is CNC(=O)C1(C)C(C)C(n2cnc3c(NC4CC4c4ccccc4)nc(C#Cc4ccccc4)nc32)C(O)C1O. The van der Waals surface area contributed by atoms with E-state index in [0.29, 0.717) is 28.7 Å². The monoisotopic (exact) mass is 536 g/mol. The van der Waals surface area contributed by atoms with Gasteiger partial charge in [0.05, 0.1) is 23.9 Å². The Morgan fingerprint density at radius 1 is 1.05 bits per heavy atom. The van der Waals surface area contributed by atoms with E-state index in [0.717, 1.165) is 12.0 Å². The molecule has 7 unspecified atom stereocenters. The molecule has 0 radical (unpaired) electrons. The van der Waals surface area contributed by atoms with E-state index in [-0.39, 0.29) is 11.9 Å². The van der Waals surface area contributed by atoms with Gasteiger partial charge in [-0.1, -0.05) is 61.4 Å². The highest BCUT2D eigenvalue weighted by Gasteiger charge is 2.60. The minimum Gasteiger partial charge on any atom is -0.389 e. The average Bonchev–Trinajstić information content (AvgIpc) is 3.59. The summed E-state index contributed by atoms with van der Waals surface area (Å²) in [6.45, 7) is 3.54. The van der Waals surface area contributed by atoms with Crippen molar-refractivity contribution in [2.75, 3.05) is 12.4 Å². The predicted octanol–water partition coefficient (Wildman–Crippen LogP) is 2.86. The smallest absolute Gasteiger partial charge is 0.228 e. The van der Waals surface area contributed by atoms with Crippen LogP contribution in [0.15, 0.2) is 67.0 Å². The minimum atomic E-state index is -1.26. The van der Waals surface area contributed by atoms with Crippen molar-refractivity contribution < 1.29 is 15.0 Å². The zero-order valence-electron chi connectivity index (χ0n) is 22.6. The van der Waals surface area contributed by atoms with Crippen molar-refractivity contribution in [1.29, 1.82) is 0 Å². The molecule has 9 nitrogen and oxygen atoms in total. The average molecular weight is 537 g/mol. The van der Waals surface area contributed by atoms with E-state index in [9.17, 15) is 15.0 Å². The summed E-state index contributed by atoms with van der Waals surface area (Å²) in [5.74, 6) is 6.70. The molecule has 9 heteroatoms. The highest BCUT2D eigenvalue weighted by Crippen LogP contribution is 2.50. The Morgan fingerprint density at radius 2 is 1.75 bits per heavy atom. The first kappa shape index (κ1) is 26.0. The molecular formula is C31H32N6O3. The second kappa shape index (κ2) is 10.0. The number of nitrogens with one attached hydrogen (secondary N) is 2. The summed E-state index contributed by atoms with van der Waals surface area (Å²) >= 11 is 0. The van der Waals surface area contributed by atoms with Crippen LogP contribution in [0.1, 0.15) is 49.2 Å². The largest absolute Gasteiger partial charge is 0.389 e. The molecule has 0 saturated heterocycles. The van der Waals surface area contributed by atoms with Crippen LogP contribution in [-0.2, 0) is 4.79 Å². The number of aliphatic hydroxyl groups excluding tert-OH is 2. The maximum atomic E-state index is 12.8. The van der Waals surface area contributed by atoms with Crippen molar-refractivity contribution in [2.45, 2.75) is 50.5 Å².